The first-order valence-corrected chi connectivity index (χ1v) is 10.6. The fourth-order valence-electron chi connectivity index (χ4n) is 2.48. The zero-order valence-corrected chi connectivity index (χ0v) is 17.3. The van der Waals surface area contributed by atoms with Crippen LogP contribution in [0.25, 0.3) is 11.3 Å². The minimum atomic E-state index is -0.952. The highest BCUT2D eigenvalue weighted by molar-refractivity contribution is 8.01. The Kier molecular flexibility index (Phi) is 7.31. The Morgan fingerprint density at radius 2 is 1.80 bits per heavy atom. The van der Waals surface area contributed by atoms with E-state index in [0.29, 0.717) is 21.6 Å². The molecule has 2 amide bonds. The first kappa shape index (κ1) is 21.7. The van der Waals surface area contributed by atoms with E-state index in [1.165, 1.54) is 17.8 Å². The Morgan fingerprint density at radius 1 is 1.10 bits per heavy atom. The number of nitrogens with one attached hydrogen (secondary N) is 2. The maximum atomic E-state index is 14.0. The Hall–Kier alpha value is -3.04. The number of thiazole rings is 1. The van der Waals surface area contributed by atoms with Gasteiger partial charge in [0.1, 0.15) is 27.9 Å². The number of hydrogen-bond acceptors (Lipinski definition) is 5. The zero-order valence-electron chi connectivity index (χ0n) is 15.7. The van der Waals surface area contributed by atoms with Gasteiger partial charge in [0, 0.05) is 12.1 Å². The fraction of sp³-hybridized carbons (Fsp3) is 0.0952. The molecule has 0 saturated heterocycles. The van der Waals surface area contributed by atoms with Gasteiger partial charge < -0.3 is 10.6 Å². The van der Waals surface area contributed by atoms with Crippen LogP contribution in [0.2, 0.25) is 0 Å². The molecule has 3 aromatic rings. The highest BCUT2D eigenvalue weighted by atomic mass is 32.2. The normalized spacial score (nSPS) is 10.5. The van der Waals surface area contributed by atoms with Crippen LogP contribution < -0.4 is 10.6 Å². The minimum Gasteiger partial charge on any atom is -0.352 e. The van der Waals surface area contributed by atoms with Gasteiger partial charge in [-0.3, -0.25) is 9.59 Å². The molecular formula is C21H17F2N3O2S2. The molecule has 5 nitrogen and oxygen atoms in total. The van der Waals surface area contributed by atoms with Gasteiger partial charge in [0.15, 0.2) is 4.34 Å². The molecule has 2 aromatic carbocycles. The summed E-state index contributed by atoms with van der Waals surface area (Å²) in [6.45, 7) is 3.90. The molecule has 0 unspecified atom stereocenters. The van der Waals surface area contributed by atoms with Crippen LogP contribution in [0.4, 0.5) is 13.8 Å². The number of carbonyl (C=O) groups excluding carboxylic acids is 2. The maximum Gasteiger partial charge on any atom is 0.262 e. The van der Waals surface area contributed by atoms with Crippen LogP contribution in [0.5, 0.6) is 0 Å². The molecule has 2 N–H and O–H groups in total. The van der Waals surface area contributed by atoms with Gasteiger partial charge in [-0.25, -0.2) is 13.8 Å². The number of amides is 2. The maximum absolute atomic E-state index is 14.0. The molecule has 154 valence electrons. The van der Waals surface area contributed by atoms with E-state index in [1.54, 1.807) is 18.2 Å². The first-order valence-electron chi connectivity index (χ1n) is 8.81. The lowest BCUT2D eigenvalue weighted by Gasteiger charge is -2.07. The van der Waals surface area contributed by atoms with Gasteiger partial charge in [0.05, 0.1) is 5.75 Å². The molecular weight excluding hydrogens is 428 g/mol. The van der Waals surface area contributed by atoms with Crippen LogP contribution in [0.1, 0.15) is 10.4 Å². The summed E-state index contributed by atoms with van der Waals surface area (Å²) >= 11 is 2.33. The first-order chi connectivity index (χ1) is 14.5. The average Bonchev–Trinajstić information content (AvgIpc) is 3.13. The highest BCUT2D eigenvalue weighted by Gasteiger charge is 2.21. The zero-order chi connectivity index (χ0) is 21.5. The molecule has 30 heavy (non-hydrogen) atoms. The Labute approximate surface area is 180 Å². The van der Waals surface area contributed by atoms with Gasteiger partial charge in [0.25, 0.3) is 5.91 Å². The molecule has 0 aliphatic heterocycles. The summed E-state index contributed by atoms with van der Waals surface area (Å²) in [4.78, 5) is 28.9. The summed E-state index contributed by atoms with van der Waals surface area (Å²) in [5, 5.41) is 5.56. The lowest BCUT2D eigenvalue weighted by molar-refractivity contribution is -0.118. The monoisotopic (exact) mass is 445 g/mol. The second-order valence-corrected chi connectivity index (χ2v) is 8.18. The van der Waals surface area contributed by atoms with Crippen molar-refractivity contribution in [2.45, 2.75) is 4.34 Å². The van der Waals surface area contributed by atoms with E-state index in [9.17, 15) is 18.4 Å². The van der Waals surface area contributed by atoms with Crippen LogP contribution in [0.15, 0.2) is 65.5 Å². The number of thioether (sulfide) groups is 1. The smallest absolute Gasteiger partial charge is 0.262 e. The standard InChI is InChI=1S/C21H17F2N3O2S2/c1-2-11-24-16(27)12-29-21-25-18(13-7-4-3-5-8-13)20(30-21)26-19(28)17-14(22)9-6-10-15(17)23/h2-10H,1,11-12H2,(H,24,27)(H,26,28). The van der Waals surface area contributed by atoms with Crippen LogP contribution in [0.3, 0.4) is 0 Å². The van der Waals surface area contributed by atoms with Gasteiger partial charge in [0.2, 0.25) is 5.91 Å². The number of anilines is 1. The summed E-state index contributed by atoms with van der Waals surface area (Å²) in [6, 6.07) is 12.3. The van der Waals surface area contributed by atoms with Gasteiger partial charge in [-0.1, -0.05) is 65.6 Å². The van der Waals surface area contributed by atoms with Crippen LogP contribution in [-0.4, -0.2) is 29.1 Å². The van der Waals surface area contributed by atoms with Crippen molar-refractivity contribution in [1.29, 1.82) is 0 Å². The van der Waals surface area contributed by atoms with Crippen LogP contribution in [0, 0.1) is 11.6 Å². The van der Waals surface area contributed by atoms with Gasteiger partial charge in [-0.15, -0.1) is 6.58 Å². The number of halogens is 2. The van der Waals surface area contributed by atoms with Crippen LogP contribution in [-0.2, 0) is 4.79 Å². The fourth-order valence-corrected chi connectivity index (χ4v) is 4.37. The summed E-state index contributed by atoms with van der Waals surface area (Å²) in [6.07, 6.45) is 1.58. The highest BCUT2D eigenvalue weighted by Crippen LogP contribution is 2.38. The molecule has 0 spiro atoms. The van der Waals surface area contributed by atoms with E-state index in [0.717, 1.165) is 29.0 Å². The van der Waals surface area contributed by atoms with E-state index in [2.05, 4.69) is 22.2 Å². The molecule has 0 radical (unpaired) electrons. The lowest BCUT2D eigenvalue weighted by Crippen LogP contribution is -2.24. The second kappa shape index (κ2) is 10.1. The van der Waals surface area contributed by atoms with Crippen molar-refractivity contribution < 1.29 is 18.4 Å². The summed E-state index contributed by atoms with van der Waals surface area (Å²) in [5.41, 5.74) is 0.517. The molecule has 0 aliphatic carbocycles. The summed E-state index contributed by atoms with van der Waals surface area (Å²) < 4.78 is 28.5. The van der Waals surface area contributed by atoms with Crippen LogP contribution >= 0.6 is 23.1 Å². The number of nitrogens with zero attached hydrogens (tertiary/aromatic N) is 1. The van der Waals surface area contributed by atoms with Crippen molar-refractivity contribution in [3.8, 4) is 11.3 Å². The average molecular weight is 446 g/mol. The third-order valence-corrected chi connectivity index (χ3v) is 5.96. The number of benzene rings is 2. The van der Waals surface area contributed by atoms with Crippen molar-refractivity contribution in [3.63, 3.8) is 0 Å². The molecule has 3 rings (SSSR count). The van der Waals surface area contributed by atoms with Gasteiger partial charge >= 0.3 is 0 Å². The Balaban J connectivity index is 1.86. The quantitative estimate of drug-likeness (QED) is 0.388. The van der Waals surface area contributed by atoms with Crippen molar-refractivity contribution in [2.24, 2.45) is 0 Å². The molecule has 1 heterocycles. The Bertz CT molecular complexity index is 1050. The third kappa shape index (κ3) is 5.31. The minimum absolute atomic E-state index is 0.130. The molecule has 9 heteroatoms. The molecule has 1 aromatic heterocycles. The van der Waals surface area contributed by atoms with E-state index in [-0.39, 0.29) is 11.7 Å². The number of hydrogen-bond donors (Lipinski definition) is 2. The molecule has 0 atom stereocenters. The van der Waals surface area contributed by atoms with E-state index in [4.69, 9.17) is 0 Å². The van der Waals surface area contributed by atoms with Crippen molar-refractivity contribution in [1.82, 2.24) is 10.3 Å². The molecule has 0 fully saturated rings. The van der Waals surface area contributed by atoms with E-state index >= 15 is 0 Å². The molecule has 0 bridgehead atoms. The second-order valence-electron chi connectivity index (χ2n) is 5.96. The number of rotatable bonds is 8. The summed E-state index contributed by atoms with van der Waals surface area (Å²) in [5.74, 6) is -2.87. The van der Waals surface area contributed by atoms with Crippen molar-refractivity contribution >= 4 is 39.9 Å². The molecule has 0 aliphatic rings. The predicted octanol–water partition coefficient (Wildman–Crippen LogP) is 4.73. The van der Waals surface area contributed by atoms with Crippen molar-refractivity contribution in [2.75, 3.05) is 17.6 Å². The third-order valence-electron chi connectivity index (χ3n) is 3.84. The Morgan fingerprint density at radius 3 is 2.47 bits per heavy atom. The molecule has 0 saturated carbocycles. The summed E-state index contributed by atoms with van der Waals surface area (Å²) in [7, 11) is 0. The lowest BCUT2D eigenvalue weighted by atomic mass is 10.1. The van der Waals surface area contributed by atoms with E-state index < -0.39 is 23.1 Å². The van der Waals surface area contributed by atoms with E-state index in [1.807, 2.05) is 18.2 Å². The SMILES string of the molecule is C=CCNC(=O)CSc1nc(-c2ccccc2)c(NC(=O)c2c(F)cccc2F)s1. The van der Waals surface area contributed by atoms with Crippen molar-refractivity contribution in [3.05, 3.63) is 78.4 Å². The van der Waals surface area contributed by atoms with Gasteiger partial charge in [-0.2, -0.15) is 0 Å². The topological polar surface area (TPSA) is 71.1 Å². The number of carbonyl (C=O) groups is 2. The number of aromatic nitrogens is 1. The largest absolute Gasteiger partial charge is 0.352 e. The van der Waals surface area contributed by atoms with Gasteiger partial charge in [-0.05, 0) is 12.1 Å². The predicted molar refractivity (Wildman–Crippen MR) is 116 cm³/mol.